The van der Waals surface area contributed by atoms with Crippen LogP contribution in [-0.4, -0.2) is 149 Å². The summed E-state index contributed by atoms with van der Waals surface area (Å²) in [6.07, 6.45) is 12.5. The van der Waals surface area contributed by atoms with Gasteiger partial charge in [0.15, 0.2) is 11.6 Å². The summed E-state index contributed by atoms with van der Waals surface area (Å²) in [5, 5.41) is 46.2. The number of carbonyl (C=O) groups is 3. The molecule has 0 radical (unpaired) electrons. The lowest BCUT2D eigenvalue weighted by Gasteiger charge is -2.37. The van der Waals surface area contributed by atoms with Crippen molar-refractivity contribution in [2.45, 2.75) is 71.7 Å². The molecule has 0 saturated carbocycles. The SMILES string of the molecule is O=C(CC1CN(S(=O)(=O)c2ccc(F)cc2)C1)c1cccc(Sc2cc(Cc3ncnn4cccc34)[nH]n2)c1.O=C(CC1CN(S(=O)(=O)c2ccc(F)cc2)C1)c1cccc(Sc2cc(Cc3ncnn4cccc34)[nH]n2)c1.O=C(O)c1cccc(Sc2cc(Cc3ncnn4cccc34)[nH]n2)c1. The second-order valence-electron chi connectivity index (χ2n) is 24.1. The highest BCUT2D eigenvalue weighted by atomic mass is 32.2. The molecule has 0 bridgehead atoms. The second kappa shape index (κ2) is 30.4. The molecule has 2 saturated heterocycles. The van der Waals surface area contributed by atoms with Crippen molar-refractivity contribution in [3.05, 3.63) is 276 Å². The van der Waals surface area contributed by atoms with Crippen LogP contribution in [0.1, 0.15) is 78.1 Å². The van der Waals surface area contributed by atoms with Crippen molar-refractivity contribution in [2.24, 2.45) is 11.8 Å². The summed E-state index contributed by atoms with van der Waals surface area (Å²) in [7, 11) is -7.37. The quantitative estimate of drug-likeness (QED) is 0.0432. The van der Waals surface area contributed by atoms with Crippen LogP contribution in [0.2, 0.25) is 0 Å². The zero-order chi connectivity index (χ0) is 71.2. The van der Waals surface area contributed by atoms with E-state index in [0.717, 1.165) is 105 Å². The Labute approximate surface area is 599 Å². The Morgan fingerprint density at radius 1 is 0.437 bits per heavy atom. The van der Waals surface area contributed by atoms with Crippen molar-refractivity contribution in [1.82, 2.24) is 83.0 Å². The summed E-state index contributed by atoms with van der Waals surface area (Å²) >= 11 is 4.31. The number of Topliss-reactive ketones (excluding diaryl/α,β-unsaturated/α-hetero) is 2. The van der Waals surface area contributed by atoms with Gasteiger partial charge in [-0.15, -0.1) is 0 Å². The first-order valence-corrected chi connectivity index (χ1v) is 37.3. The molecule has 2 fully saturated rings. The lowest BCUT2D eigenvalue weighted by molar-refractivity contribution is 0.0695. The second-order valence-corrected chi connectivity index (χ2v) is 31.2. The highest BCUT2D eigenvalue weighted by Gasteiger charge is 2.39. The smallest absolute Gasteiger partial charge is 0.335 e. The molecule has 9 aromatic heterocycles. The van der Waals surface area contributed by atoms with E-state index in [1.807, 2.05) is 116 Å². The third kappa shape index (κ3) is 16.4. The molecule has 2 aliphatic rings. The molecular formula is C71H59F2N17O8S5. The number of nitrogens with one attached hydrogen (secondary N) is 3. The summed E-state index contributed by atoms with van der Waals surface area (Å²) in [6.45, 7) is 1.05. The molecule has 0 unspecified atom stereocenters. The fraction of sp³-hybridized carbons (Fsp3) is 0.155. The van der Waals surface area contributed by atoms with Gasteiger partial charge in [0.1, 0.15) is 45.7 Å². The molecule has 2 aliphatic heterocycles. The average Bonchev–Trinajstić information content (AvgIpc) is 1.73. The minimum Gasteiger partial charge on any atom is -0.478 e. The molecule has 0 amide bonds. The Bertz CT molecular complexity index is 5400. The number of carboxylic acids is 1. The zero-order valence-corrected chi connectivity index (χ0v) is 58.2. The van der Waals surface area contributed by atoms with E-state index in [2.05, 4.69) is 60.8 Å². The summed E-state index contributed by atoms with van der Waals surface area (Å²) < 4.78 is 85.1. The predicted octanol–water partition coefficient (Wildman–Crippen LogP) is 11.3. The number of sulfonamides is 2. The number of hydrogen-bond acceptors (Lipinski definition) is 19. The number of benzene rings is 5. The van der Waals surface area contributed by atoms with E-state index in [-0.39, 0.29) is 77.8 Å². The Morgan fingerprint density at radius 3 is 1.11 bits per heavy atom. The molecule has 4 N–H and O–H groups in total. The van der Waals surface area contributed by atoms with Crippen LogP contribution in [0.25, 0.3) is 16.6 Å². The van der Waals surface area contributed by atoms with Crippen molar-refractivity contribution in [2.75, 3.05) is 26.2 Å². The normalized spacial score (nSPS) is 13.7. The largest absolute Gasteiger partial charge is 0.478 e. The van der Waals surface area contributed by atoms with Gasteiger partial charge in [-0.25, -0.2) is 58.9 Å². The number of hydrogen-bond donors (Lipinski definition) is 4. The highest BCUT2D eigenvalue weighted by molar-refractivity contribution is 7.99. The molecule has 0 spiro atoms. The summed E-state index contributed by atoms with van der Waals surface area (Å²) in [5.41, 5.74) is 9.70. The first-order valence-electron chi connectivity index (χ1n) is 32.0. The molecule has 16 rings (SSSR count). The Balaban J connectivity index is 0.000000134. The van der Waals surface area contributed by atoms with E-state index < -0.39 is 37.7 Å². The van der Waals surface area contributed by atoms with Gasteiger partial charge in [-0.05, 0) is 157 Å². The van der Waals surface area contributed by atoms with E-state index in [9.17, 15) is 40.0 Å². The van der Waals surface area contributed by atoms with Gasteiger partial charge in [0.05, 0.1) is 49.0 Å². The number of fused-ring (bicyclic) bond motifs is 3. The monoisotopic (exact) mass is 1480 g/mol. The van der Waals surface area contributed by atoms with Gasteiger partial charge in [0.2, 0.25) is 20.0 Å². The Morgan fingerprint density at radius 2 is 0.767 bits per heavy atom. The van der Waals surface area contributed by atoms with E-state index in [1.54, 1.807) is 43.9 Å². The van der Waals surface area contributed by atoms with Crippen LogP contribution in [0.4, 0.5) is 8.78 Å². The van der Waals surface area contributed by atoms with Crippen molar-refractivity contribution >= 4 is 89.4 Å². The first kappa shape index (κ1) is 69.2. The van der Waals surface area contributed by atoms with E-state index in [1.165, 1.54) is 87.1 Å². The number of carbonyl (C=O) groups excluding carboxylic acids is 2. The molecule has 520 valence electrons. The lowest BCUT2D eigenvalue weighted by atomic mass is 9.94. The fourth-order valence-corrected chi connectivity index (χ4v) is 17.4. The third-order valence-electron chi connectivity index (χ3n) is 16.9. The number of carboxylic acid groups (broad SMARTS) is 1. The van der Waals surface area contributed by atoms with E-state index in [0.29, 0.717) is 30.4 Å². The number of nitrogens with zero attached hydrogens (tertiary/aromatic N) is 14. The van der Waals surface area contributed by atoms with Crippen LogP contribution < -0.4 is 0 Å². The molecule has 11 heterocycles. The number of aromatic carboxylic acids is 1. The molecule has 25 nitrogen and oxygen atoms in total. The maximum Gasteiger partial charge on any atom is 0.335 e. The third-order valence-corrected chi connectivity index (χ3v) is 23.3. The van der Waals surface area contributed by atoms with Crippen molar-refractivity contribution in [3.63, 3.8) is 0 Å². The lowest BCUT2D eigenvalue weighted by Crippen LogP contribution is -2.50. The Kier molecular flexibility index (Phi) is 20.4. The maximum atomic E-state index is 13.1. The van der Waals surface area contributed by atoms with Gasteiger partial charge in [-0.2, -0.15) is 39.2 Å². The standard InChI is InChI=1S/2C27H23FN6O3S2.C17H13N5O2S/c2*28-20-6-8-23(9-7-20)39(36,37)33-15-18(16-33)11-26(35)19-3-1-4-22(12-19)38-27-14-21(31-32-27)13-24-25-5-2-10-34(25)30-17-29-24;23-17(24)11-3-1-4-13(7-11)25-16-9-12(20-21-16)8-14-15-5-2-6-22(15)19-10-18-14/h2*1-10,12,14,17-18H,11,13,15-16H2,(H,31,32);1-7,9-10H,8H2,(H,20,21)(H,23,24). The fourth-order valence-electron chi connectivity index (χ4n) is 11.6. The van der Waals surface area contributed by atoms with Gasteiger partial charge in [-0.1, -0.05) is 65.6 Å². The zero-order valence-electron chi connectivity index (χ0n) is 54.1. The van der Waals surface area contributed by atoms with Gasteiger partial charge in [-0.3, -0.25) is 24.9 Å². The van der Waals surface area contributed by atoms with Crippen LogP contribution in [-0.2, 0) is 39.3 Å². The number of halogens is 2. The van der Waals surface area contributed by atoms with Crippen LogP contribution in [0.15, 0.2) is 253 Å². The van der Waals surface area contributed by atoms with Gasteiger partial charge >= 0.3 is 5.97 Å². The van der Waals surface area contributed by atoms with E-state index in [4.69, 9.17) is 5.11 Å². The average molecular weight is 1480 g/mol. The highest BCUT2D eigenvalue weighted by Crippen LogP contribution is 2.35. The summed E-state index contributed by atoms with van der Waals surface area (Å²) in [6, 6.07) is 48.6. The Hall–Kier alpha value is -10.9. The molecule has 0 aliphatic carbocycles. The number of aromatic nitrogens is 15. The molecule has 103 heavy (non-hydrogen) atoms. The summed E-state index contributed by atoms with van der Waals surface area (Å²) in [5.74, 6) is -2.12. The minimum absolute atomic E-state index is 0.0380. The molecule has 14 aromatic rings. The van der Waals surface area contributed by atoms with Crippen LogP contribution in [0, 0.1) is 23.5 Å². The van der Waals surface area contributed by atoms with Crippen LogP contribution in [0.5, 0.6) is 0 Å². The molecule has 5 aromatic carbocycles. The van der Waals surface area contributed by atoms with E-state index >= 15 is 0 Å². The molecular weight excluding hydrogens is 1420 g/mol. The van der Waals surface area contributed by atoms with Crippen molar-refractivity contribution < 1.29 is 45.1 Å². The number of H-pyrrole nitrogens is 3. The summed E-state index contributed by atoms with van der Waals surface area (Å²) in [4.78, 5) is 52.8. The predicted molar refractivity (Wildman–Crippen MR) is 377 cm³/mol. The van der Waals surface area contributed by atoms with Crippen LogP contribution >= 0.6 is 35.3 Å². The first-order chi connectivity index (χ1) is 49.9. The van der Waals surface area contributed by atoms with Gasteiger partial charge < -0.3 is 5.11 Å². The van der Waals surface area contributed by atoms with Crippen molar-refractivity contribution in [1.29, 1.82) is 0 Å². The number of aromatic amines is 3. The molecule has 0 atom stereocenters. The molecule has 32 heteroatoms. The minimum atomic E-state index is -3.69. The van der Waals surface area contributed by atoms with Crippen molar-refractivity contribution in [3.8, 4) is 0 Å². The number of ketones is 2. The topological polar surface area (TPSA) is 323 Å². The number of rotatable bonds is 23. The maximum absolute atomic E-state index is 13.1. The van der Waals surface area contributed by atoms with Gasteiger partial charge in [0.25, 0.3) is 0 Å². The van der Waals surface area contributed by atoms with Gasteiger partial charge in [0, 0.05) is 120 Å². The van der Waals surface area contributed by atoms with Crippen LogP contribution in [0.3, 0.4) is 0 Å².